The van der Waals surface area contributed by atoms with Gasteiger partial charge in [0.25, 0.3) is 0 Å². The number of aryl methyl sites for hydroxylation is 1. The summed E-state index contributed by atoms with van der Waals surface area (Å²) >= 11 is 3.33. The Balaban J connectivity index is 1.53. The molecular weight excluding hydrogens is 355 g/mol. The summed E-state index contributed by atoms with van der Waals surface area (Å²) in [5.74, 6) is 0.356. The number of halogens is 1. The number of aromatic nitrogens is 3. The number of fused-ring (bicyclic) bond motifs is 2. The molecule has 1 aliphatic heterocycles. The minimum Gasteiger partial charge on any atom is -0.317 e. The summed E-state index contributed by atoms with van der Waals surface area (Å²) in [5, 5.41) is 8.97. The molecule has 0 unspecified atom stereocenters. The number of hydrogen-bond donors (Lipinski definition) is 1. The van der Waals surface area contributed by atoms with Gasteiger partial charge in [0.15, 0.2) is 5.82 Å². The third-order valence-corrected chi connectivity index (χ3v) is 6.90. The fraction of sp³-hybridized carbons (Fsp3) is 0.333. The molecule has 4 aromatic rings. The van der Waals surface area contributed by atoms with E-state index in [0.717, 1.165) is 38.7 Å². The van der Waals surface area contributed by atoms with Crippen LogP contribution < -0.4 is 5.32 Å². The van der Waals surface area contributed by atoms with Crippen molar-refractivity contribution < 1.29 is 4.39 Å². The van der Waals surface area contributed by atoms with Crippen LogP contribution >= 0.6 is 22.7 Å². The lowest BCUT2D eigenvalue weighted by atomic mass is 9.96. The zero-order valence-electron chi connectivity index (χ0n) is 13.8. The van der Waals surface area contributed by atoms with E-state index in [1.807, 2.05) is 30.5 Å². The van der Waals surface area contributed by atoms with Gasteiger partial charge in [0.2, 0.25) is 0 Å². The molecule has 3 aromatic heterocycles. The SMILES string of the molecule is Cc1nc2c(F)cc(-n3cc4sc(C5CCNCC5)cc4n3)cc2s1. The number of benzene rings is 1. The maximum Gasteiger partial charge on any atom is 0.152 e. The van der Waals surface area contributed by atoms with E-state index < -0.39 is 0 Å². The highest BCUT2D eigenvalue weighted by Gasteiger charge is 2.19. The normalized spacial score (nSPS) is 16.2. The lowest BCUT2D eigenvalue weighted by molar-refractivity contribution is 0.465. The van der Waals surface area contributed by atoms with Crippen LogP contribution in [0.5, 0.6) is 0 Å². The zero-order valence-corrected chi connectivity index (χ0v) is 15.4. The van der Waals surface area contributed by atoms with Crippen LogP contribution in [0.25, 0.3) is 26.1 Å². The summed E-state index contributed by atoms with van der Waals surface area (Å²) in [7, 11) is 0. The van der Waals surface area contributed by atoms with Gasteiger partial charge in [-0.3, -0.25) is 0 Å². The highest BCUT2D eigenvalue weighted by Crippen LogP contribution is 2.35. The van der Waals surface area contributed by atoms with Crippen molar-refractivity contribution in [2.45, 2.75) is 25.7 Å². The van der Waals surface area contributed by atoms with Gasteiger partial charge >= 0.3 is 0 Å². The van der Waals surface area contributed by atoms with Crippen LogP contribution in [0.4, 0.5) is 4.39 Å². The molecule has 0 bridgehead atoms. The molecule has 0 spiro atoms. The first-order valence-corrected chi connectivity index (χ1v) is 10.1. The van der Waals surface area contributed by atoms with E-state index in [9.17, 15) is 4.39 Å². The van der Waals surface area contributed by atoms with E-state index in [1.54, 1.807) is 4.68 Å². The summed E-state index contributed by atoms with van der Waals surface area (Å²) in [5.41, 5.74) is 2.20. The Bertz CT molecular complexity index is 1040. The average Bonchev–Trinajstić information content (AvgIpc) is 3.27. The minimum atomic E-state index is -0.286. The summed E-state index contributed by atoms with van der Waals surface area (Å²) in [6, 6.07) is 5.69. The van der Waals surface area contributed by atoms with Crippen molar-refractivity contribution in [2.24, 2.45) is 0 Å². The fourth-order valence-electron chi connectivity index (χ4n) is 3.50. The minimum absolute atomic E-state index is 0.286. The molecule has 128 valence electrons. The molecule has 0 radical (unpaired) electrons. The van der Waals surface area contributed by atoms with E-state index in [-0.39, 0.29) is 5.82 Å². The molecule has 1 fully saturated rings. The number of thiophene rings is 1. The summed E-state index contributed by atoms with van der Waals surface area (Å²) < 4.78 is 18.1. The maximum atomic E-state index is 14.3. The van der Waals surface area contributed by atoms with Crippen molar-refractivity contribution in [3.8, 4) is 5.69 Å². The molecule has 0 aliphatic carbocycles. The lowest BCUT2D eigenvalue weighted by Gasteiger charge is -2.21. The fourth-order valence-corrected chi connectivity index (χ4v) is 5.56. The Morgan fingerprint density at radius 2 is 2.00 bits per heavy atom. The molecule has 1 aliphatic rings. The second kappa shape index (κ2) is 5.86. The highest BCUT2D eigenvalue weighted by molar-refractivity contribution is 7.19. The van der Waals surface area contributed by atoms with E-state index in [4.69, 9.17) is 0 Å². The standard InChI is InChI=1S/C18H17FN4S2/c1-10-21-18-13(19)6-12(7-16(18)24-10)23-9-17-14(22-23)8-15(25-17)11-2-4-20-5-3-11/h6-9,11,20H,2-5H2,1H3. The lowest BCUT2D eigenvalue weighted by Crippen LogP contribution is -2.26. The third-order valence-electron chi connectivity index (χ3n) is 4.76. The van der Waals surface area contributed by atoms with E-state index in [2.05, 4.69) is 21.5 Å². The number of nitrogens with zero attached hydrogens (tertiary/aromatic N) is 3. The molecule has 25 heavy (non-hydrogen) atoms. The Morgan fingerprint density at radius 3 is 2.80 bits per heavy atom. The van der Waals surface area contributed by atoms with Crippen LogP contribution in [0, 0.1) is 12.7 Å². The smallest absolute Gasteiger partial charge is 0.152 e. The van der Waals surface area contributed by atoms with Crippen molar-refractivity contribution >= 4 is 43.1 Å². The van der Waals surface area contributed by atoms with Crippen LogP contribution in [-0.2, 0) is 0 Å². The maximum absolute atomic E-state index is 14.3. The third kappa shape index (κ3) is 2.67. The van der Waals surface area contributed by atoms with Gasteiger partial charge < -0.3 is 5.32 Å². The number of thiazole rings is 1. The second-order valence-corrected chi connectivity index (χ2v) is 8.85. The largest absolute Gasteiger partial charge is 0.317 e. The monoisotopic (exact) mass is 372 g/mol. The Kier molecular flexibility index (Phi) is 3.62. The summed E-state index contributed by atoms with van der Waals surface area (Å²) in [6.45, 7) is 4.08. The first kappa shape index (κ1) is 15.4. The van der Waals surface area contributed by atoms with Crippen molar-refractivity contribution in [2.75, 3.05) is 13.1 Å². The molecule has 4 nitrogen and oxygen atoms in total. The van der Waals surface area contributed by atoms with E-state index in [0.29, 0.717) is 11.4 Å². The number of piperidine rings is 1. The van der Waals surface area contributed by atoms with Gasteiger partial charge in [0, 0.05) is 17.1 Å². The van der Waals surface area contributed by atoms with Gasteiger partial charge in [-0.15, -0.1) is 22.7 Å². The van der Waals surface area contributed by atoms with Gasteiger partial charge in [-0.1, -0.05) is 0 Å². The van der Waals surface area contributed by atoms with Gasteiger partial charge in [0.1, 0.15) is 11.0 Å². The highest BCUT2D eigenvalue weighted by atomic mass is 32.1. The van der Waals surface area contributed by atoms with Crippen LogP contribution in [0.2, 0.25) is 0 Å². The number of hydrogen-bond acceptors (Lipinski definition) is 5. The first-order chi connectivity index (χ1) is 12.2. The van der Waals surface area contributed by atoms with Crippen LogP contribution in [-0.4, -0.2) is 27.9 Å². The van der Waals surface area contributed by atoms with Crippen LogP contribution in [0.15, 0.2) is 24.4 Å². The molecule has 1 saturated heterocycles. The van der Waals surface area contributed by atoms with Gasteiger partial charge in [0.05, 0.1) is 20.1 Å². The number of rotatable bonds is 2. The van der Waals surface area contributed by atoms with Crippen molar-refractivity contribution in [1.29, 1.82) is 0 Å². The molecular formula is C18H17FN4S2. The topological polar surface area (TPSA) is 42.7 Å². The Morgan fingerprint density at radius 1 is 1.16 bits per heavy atom. The predicted molar refractivity (Wildman–Crippen MR) is 102 cm³/mol. The molecule has 7 heteroatoms. The van der Waals surface area contributed by atoms with Gasteiger partial charge in [-0.2, -0.15) is 5.10 Å². The van der Waals surface area contributed by atoms with Gasteiger partial charge in [-0.25, -0.2) is 14.1 Å². The molecule has 0 saturated carbocycles. The summed E-state index contributed by atoms with van der Waals surface area (Å²) in [4.78, 5) is 5.68. The zero-order chi connectivity index (χ0) is 17.0. The van der Waals surface area contributed by atoms with E-state index in [1.165, 1.54) is 35.1 Å². The van der Waals surface area contributed by atoms with Crippen molar-refractivity contribution in [3.05, 3.63) is 40.1 Å². The molecule has 5 rings (SSSR count). The Labute approximate surface area is 152 Å². The van der Waals surface area contributed by atoms with Crippen molar-refractivity contribution in [3.63, 3.8) is 0 Å². The van der Waals surface area contributed by atoms with Crippen molar-refractivity contribution in [1.82, 2.24) is 20.1 Å². The van der Waals surface area contributed by atoms with Crippen LogP contribution in [0.3, 0.4) is 0 Å². The second-order valence-electron chi connectivity index (χ2n) is 6.50. The molecule has 1 aromatic carbocycles. The Hall–Kier alpha value is -1.83. The quantitative estimate of drug-likeness (QED) is 0.559. The van der Waals surface area contributed by atoms with E-state index >= 15 is 0 Å². The predicted octanol–water partition coefficient (Wildman–Crippen LogP) is 4.61. The molecule has 0 amide bonds. The summed E-state index contributed by atoms with van der Waals surface area (Å²) in [6.07, 6.45) is 4.39. The average molecular weight is 372 g/mol. The molecule has 1 N–H and O–H groups in total. The first-order valence-electron chi connectivity index (χ1n) is 8.44. The molecule has 0 atom stereocenters. The molecule has 4 heterocycles. The number of nitrogens with one attached hydrogen (secondary N) is 1. The van der Waals surface area contributed by atoms with Gasteiger partial charge in [-0.05, 0) is 50.9 Å². The van der Waals surface area contributed by atoms with Crippen LogP contribution in [0.1, 0.15) is 28.6 Å².